The zero-order chi connectivity index (χ0) is 13.0. The lowest BCUT2D eigenvalue weighted by atomic mass is 10.1. The lowest BCUT2D eigenvalue weighted by molar-refractivity contribution is 0.864. The first kappa shape index (κ1) is 13.3. The molecular weight excluding hydrogens is 337 g/mol. The van der Waals surface area contributed by atoms with Crippen molar-refractivity contribution in [2.75, 3.05) is 11.9 Å². The Hall–Kier alpha value is -1.17. The third-order valence-electron chi connectivity index (χ3n) is 2.80. The van der Waals surface area contributed by atoms with Crippen LogP contribution in [0.2, 0.25) is 0 Å². The summed E-state index contributed by atoms with van der Waals surface area (Å²) in [5, 5.41) is 0. The van der Waals surface area contributed by atoms with Gasteiger partial charge < -0.3 is 4.90 Å². The Labute approximate surface area is 121 Å². The van der Waals surface area contributed by atoms with Gasteiger partial charge in [-0.2, -0.15) is 0 Å². The van der Waals surface area contributed by atoms with E-state index in [4.69, 9.17) is 0 Å². The third-order valence-corrected chi connectivity index (χ3v) is 3.36. The van der Waals surface area contributed by atoms with Gasteiger partial charge in [0.1, 0.15) is 0 Å². The van der Waals surface area contributed by atoms with Gasteiger partial charge in [-0.15, -0.1) is 0 Å². The van der Waals surface area contributed by atoms with E-state index in [2.05, 4.69) is 68.6 Å². The van der Waals surface area contributed by atoms with E-state index in [1.165, 1.54) is 11.1 Å². The average Bonchev–Trinajstić information content (AvgIpc) is 2.40. The molecule has 0 amide bonds. The molecule has 0 saturated carbocycles. The zero-order valence-electron chi connectivity index (χ0n) is 10.6. The smallest absolute Gasteiger partial charge is 0.225 e. The number of halogens is 1. The van der Waals surface area contributed by atoms with Crippen molar-refractivity contribution in [3.05, 3.63) is 51.4 Å². The van der Waals surface area contributed by atoms with Crippen LogP contribution in [0.25, 0.3) is 0 Å². The second-order valence-electron chi connectivity index (χ2n) is 4.23. The van der Waals surface area contributed by atoms with Crippen molar-refractivity contribution >= 4 is 28.5 Å². The molecule has 0 bridgehead atoms. The number of nitrogens with zero attached hydrogens (tertiary/aromatic N) is 3. The summed E-state index contributed by atoms with van der Waals surface area (Å²) in [5.41, 5.74) is 2.64. The van der Waals surface area contributed by atoms with Crippen molar-refractivity contribution in [1.29, 1.82) is 0 Å². The molecule has 0 saturated heterocycles. The minimum absolute atomic E-state index is 0.759. The van der Waals surface area contributed by atoms with Crippen LogP contribution in [0.15, 0.2) is 36.7 Å². The summed E-state index contributed by atoms with van der Waals surface area (Å²) in [6.45, 7) is 2.99. The molecule has 2 aromatic rings. The van der Waals surface area contributed by atoms with E-state index in [0.29, 0.717) is 0 Å². The van der Waals surface area contributed by atoms with Gasteiger partial charge in [-0.25, -0.2) is 9.97 Å². The molecule has 2 rings (SSSR count). The van der Waals surface area contributed by atoms with Crippen molar-refractivity contribution in [2.24, 2.45) is 0 Å². The van der Waals surface area contributed by atoms with Crippen molar-refractivity contribution in [1.82, 2.24) is 9.97 Å². The maximum Gasteiger partial charge on any atom is 0.225 e. The van der Waals surface area contributed by atoms with E-state index >= 15 is 0 Å². The number of aryl methyl sites for hydroxylation is 1. The van der Waals surface area contributed by atoms with Crippen LogP contribution in [0.4, 0.5) is 5.95 Å². The van der Waals surface area contributed by atoms with Gasteiger partial charge in [0.25, 0.3) is 0 Å². The zero-order valence-corrected chi connectivity index (χ0v) is 12.8. The van der Waals surface area contributed by atoms with E-state index in [1.807, 2.05) is 19.4 Å². The van der Waals surface area contributed by atoms with Gasteiger partial charge >= 0.3 is 0 Å². The molecule has 0 radical (unpaired) electrons. The van der Waals surface area contributed by atoms with E-state index < -0.39 is 0 Å². The maximum atomic E-state index is 4.32. The van der Waals surface area contributed by atoms with E-state index in [9.17, 15) is 0 Å². The van der Waals surface area contributed by atoms with E-state index in [-0.39, 0.29) is 0 Å². The quantitative estimate of drug-likeness (QED) is 0.790. The number of anilines is 1. The van der Waals surface area contributed by atoms with Crippen LogP contribution in [-0.2, 0) is 13.0 Å². The number of benzene rings is 1. The number of rotatable bonds is 4. The molecule has 4 heteroatoms. The lowest BCUT2D eigenvalue weighted by Crippen LogP contribution is -2.18. The molecule has 0 aliphatic heterocycles. The predicted octanol–water partition coefficient (Wildman–Crippen LogP) is 3.28. The van der Waals surface area contributed by atoms with Crippen LogP contribution in [-0.4, -0.2) is 17.0 Å². The summed E-state index contributed by atoms with van der Waals surface area (Å²) in [5.74, 6) is 0.759. The van der Waals surface area contributed by atoms with Crippen LogP contribution < -0.4 is 4.90 Å². The molecular formula is C14H16IN3. The highest BCUT2D eigenvalue weighted by Gasteiger charge is 2.04. The summed E-state index contributed by atoms with van der Waals surface area (Å²) in [6.07, 6.45) is 4.75. The molecule has 94 valence electrons. The highest BCUT2D eigenvalue weighted by molar-refractivity contribution is 14.1. The molecule has 0 spiro atoms. The van der Waals surface area contributed by atoms with Crippen LogP contribution in [0.3, 0.4) is 0 Å². The summed E-state index contributed by atoms with van der Waals surface area (Å²) >= 11 is 2.21. The van der Waals surface area contributed by atoms with Crippen molar-refractivity contribution in [2.45, 2.75) is 19.9 Å². The standard InChI is InChI=1S/C14H16IN3/c1-3-11-4-6-12(7-5-11)10-18(2)14-16-8-13(15)9-17-14/h4-9H,3,10H2,1-2H3. The van der Waals surface area contributed by atoms with Gasteiger partial charge in [0.05, 0.1) is 0 Å². The average molecular weight is 353 g/mol. The van der Waals surface area contributed by atoms with Gasteiger partial charge in [0, 0.05) is 29.6 Å². The topological polar surface area (TPSA) is 29.0 Å². The van der Waals surface area contributed by atoms with Gasteiger partial charge in [0.2, 0.25) is 5.95 Å². The predicted molar refractivity (Wildman–Crippen MR) is 82.7 cm³/mol. The lowest BCUT2D eigenvalue weighted by Gasteiger charge is -2.16. The number of hydrogen-bond acceptors (Lipinski definition) is 3. The molecule has 0 aliphatic carbocycles. The third kappa shape index (κ3) is 3.41. The summed E-state index contributed by atoms with van der Waals surface area (Å²) in [7, 11) is 2.01. The van der Waals surface area contributed by atoms with Crippen LogP contribution in [0, 0.1) is 3.57 Å². The van der Waals surface area contributed by atoms with Crippen LogP contribution in [0.5, 0.6) is 0 Å². The first-order chi connectivity index (χ1) is 8.69. The van der Waals surface area contributed by atoms with Gasteiger partial charge in [-0.3, -0.25) is 0 Å². The molecule has 3 nitrogen and oxygen atoms in total. The maximum absolute atomic E-state index is 4.32. The normalized spacial score (nSPS) is 10.4. The summed E-state index contributed by atoms with van der Waals surface area (Å²) in [6, 6.07) is 8.69. The SMILES string of the molecule is CCc1ccc(CN(C)c2ncc(I)cn2)cc1. The number of aromatic nitrogens is 2. The molecule has 0 fully saturated rings. The Bertz CT molecular complexity index is 493. The Morgan fingerprint density at radius 3 is 2.17 bits per heavy atom. The van der Waals surface area contributed by atoms with E-state index in [0.717, 1.165) is 22.5 Å². The first-order valence-corrected chi connectivity index (χ1v) is 7.03. The molecule has 0 atom stereocenters. The first-order valence-electron chi connectivity index (χ1n) is 5.95. The molecule has 1 aromatic carbocycles. The highest BCUT2D eigenvalue weighted by atomic mass is 127. The Balaban J connectivity index is 2.05. The van der Waals surface area contributed by atoms with Gasteiger partial charge in [-0.1, -0.05) is 31.2 Å². The molecule has 1 aromatic heterocycles. The largest absolute Gasteiger partial charge is 0.340 e. The monoisotopic (exact) mass is 353 g/mol. The second kappa shape index (κ2) is 6.13. The summed E-state index contributed by atoms with van der Waals surface area (Å²) in [4.78, 5) is 10.7. The highest BCUT2D eigenvalue weighted by Crippen LogP contribution is 2.12. The number of hydrogen-bond donors (Lipinski definition) is 0. The van der Waals surface area contributed by atoms with Gasteiger partial charge in [0.15, 0.2) is 0 Å². The molecule has 1 heterocycles. The fourth-order valence-electron chi connectivity index (χ4n) is 1.73. The van der Waals surface area contributed by atoms with Crippen molar-refractivity contribution in [3.63, 3.8) is 0 Å². The summed E-state index contributed by atoms with van der Waals surface area (Å²) < 4.78 is 1.05. The Morgan fingerprint density at radius 1 is 1.06 bits per heavy atom. The second-order valence-corrected chi connectivity index (χ2v) is 5.47. The van der Waals surface area contributed by atoms with Crippen LogP contribution >= 0.6 is 22.6 Å². The van der Waals surface area contributed by atoms with Gasteiger partial charge in [-0.05, 0) is 40.1 Å². The fraction of sp³-hybridized carbons (Fsp3) is 0.286. The molecule has 0 unspecified atom stereocenters. The molecule has 0 N–H and O–H groups in total. The Morgan fingerprint density at radius 2 is 1.61 bits per heavy atom. The van der Waals surface area contributed by atoms with Crippen molar-refractivity contribution in [3.8, 4) is 0 Å². The van der Waals surface area contributed by atoms with E-state index in [1.54, 1.807) is 0 Å². The van der Waals surface area contributed by atoms with Crippen LogP contribution in [0.1, 0.15) is 18.1 Å². The molecule has 0 aliphatic rings. The minimum atomic E-state index is 0.759. The molecule has 18 heavy (non-hydrogen) atoms. The Kier molecular flexibility index (Phi) is 4.52. The fourth-order valence-corrected chi connectivity index (χ4v) is 2.01. The minimum Gasteiger partial charge on any atom is -0.340 e. The van der Waals surface area contributed by atoms with Crippen molar-refractivity contribution < 1.29 is 0 Å².